The summed E-state index contributed by atoms with van der Waals surface area (Å²) in [5, 5.41) is 27.7. The molecule has 0 fully saturated rings. The Morgan fingerprint density at radius 1 is 1.13 bits per heavy atom. The third-order valence-corrected chi connectivity index (χ3v) is 5.38. The van der Waals surface area contributed by atoms with E-state index in [2.05, 4.69) is 10.2 Å². The zero-order chi connectivity index (χ0) is 22.1. The first kappa shape index (κ1) is 20.7. The number of aryl methyl sites for hydroxylation is 1. The van der Waals surface area contributed by atoms with Gasteiger partial charge in [0.1, 0.15) is 5.82 Å². The number of ether oxygens (including phenoxy) is 1. The number of nitrogens with one attached hydrogen (secondary N) is 1. The first-order valence-corrected chi connectivity index (χ1v) is 9.80. The summed E-state index contributed by atoms with van der Waals surface area (Å²) in [5.41, 5.74) is 3.87. The molecule has 6 nitrogen and oxygen atoms in total. The van der Waals surface area contributed by atoms with Crippen molar-refractivity contribution in [3.05, 3.63) is 65.1 Å². The van der Waals surface area contributed by atoms with Gasteiger partial charge in [-0.3, -0.25) is 9.89 Å². The van der Waals surface area contributed by atoms with E-state index in [1.807, 2.05) is 18.2 Å². The minimum absolute atomic E-state index is 0.0206. The van der Waals surface area contributed by atoms with Gasteiger partial charge in [-0.2, -0.15) is 5.10 Å². The number of methoxy groups -OCH3 is 1. The molecule has 0 radical (unpaired) electrons. The molecule has 4 aromatic rings. The molecular formula is C23H18ClFN2O4. The van der Waals surface area contributed by atoms with Crippen molar-refractivity contribution in [2.75, 3.05) is 7.11 Å². The molecule has 0 unspecified atom stereocenters. The maximum atomic E-state index is 13.9. The average Bonchev–Trinajstić information content (AvgIpc) is 3.14. The first-order chi connectivity index (χ1) is 14.9. The van der Waals surface area contributed by atoms with Crippen molar-refractivity contribution >= 4 is 28.5 Å². The van der Waals surface area contributed by atoms with Crippen LogP contribution in [0.4, 0.5) is 4.39 Å². The number of phenolic OH excluding ortho intramolecular Hbond substituents is 1. The fourth-order valence-corrected chi connectivity index (χ4v) is 3.78. The normalized spacial score (nSPS) is 11.1. The molecule has 0 saturated carbocycles. The summed E-state index contributed by atoms with van der Waals surface area (Å²) in [6.07, 6.45) is 0.281. The van der Waals surface area contributed by atoms with Crippen molar-refractivity contribution in [2.24, 2.45) is 0 Å². The van der Waals surface area contributed by atoms with Gasteiger partial charge in [0, 0.05) is 29.0 Å². The second-order valence-electron chi connectivity index (χ2n) is 7.02. The van der Waals surface area contributed by atoms with E-state index in [9.17, 15) is 14.3 Å². The first-order valence-electron chi connectivity index (χ1n) is 9.43. The third kappa shape index (κ3) is 4.04. The molecular weight excluding hydrogens is 423 g/mol. The highest BCUT2D eigenvalue weighted by Crippen LogP contribution is 2.39. The zero-order valence-corrected chi connectivity index (χ0v) is 17.2. The number of aromatic hydroxyl groups is 1. The minimum Gasteiger partial charge on any atom is -0.504 e. The van der Waals surface area contributed by atoms with Crippen molar-refractivity contribution in [1.82, 2.24) is 10.2 Å². The number of aromatic amines is 1. The molecule has 3 N–H and O–H groups in total. The van der Waals surface area contributed by atoms with Crippen LogP contribution < -0.4 is 4.74 Å². The quantitative estimate of drug-likeness (QED) is 0.372. The van der Waals surface area contributed by atoms with Crippen LogP contribution in [0.15, 0.2) is 48.5 Å². The average molecular weight is 441 g/mol. The van der Waals surface area contributed by atoms with Crippen LogP contribution in [0.25, 0.3) is 33.2 Å². The van der Waals surface area contributed by atoms with Crippen LogP contribution >= 0.6 is 11.6 Å². The maximum Gasteiger partial charge on any atom is 0.303 e. The summed E-state index contributed by atoms with van der Waals surface area (Å²) in [7, 11) is 1.36. The number of aromatic nitrogens is 2. The summed E-state index contributed by atoms with van der Waals surface area (Å²) >= 11 is 6.47. The predicted molar refractivity (Wildman–Crippen MR) is 116 cm³/mol. The van der Waals surface area contributed by atoms with Gasteiger partial charge >= 0.3 is 5.97 Å². The van der Waals surface area contributed by atoms with Crippen molar-refractivity contribution < 1.29 is 24.1 Å². The topological polar surface area (TPSA) is 95.4 Å². The number of rotatable bonds is 6. The summed E-state index contributed by atoms with van der Waals surface area (Å²) in [6.45, 7) is 0. The van der Waals surface area contributed by atoms with Crippen molar-refractivity contribution in [1.29, 1.82) is 0 Å². The second-order valence-corrected chi connectivity index (χ2v) is 7.43. The molecule has 1 aromatic heterocycles. The molecule has 0 atom stereocenters. The van der Waals surface area contributed by atoms with Gasteiger partial charge in [0.2, 0.25) is 0 Å². The Kier molecular flexibility index (Phi) is 5.52. The fourth-order valence-electron chi connectivity index (χ4n) is 3.51. The molecule has 3 aromatic carbocycles. The number of aliphatic carboxylic acids is 1. The second kappa shape index (κ2) is 8.28. The number of H-pyrrole nitrogens is 1. The zero-order valence-electron chi connectivity index (χ0n) is 16.4. The van der Waals surface area contributed by atoms with Crippen LogP contribution in [0.1, 0.15) is 12.1 Å². The van der Waals surface area contributed by atoms with Gasteiger partial charge in [0.15, 0.2) is 11.5 Å². The number of fused-ring (bicyclic) bond motifs is 1. The van der Waals surface area contributed by atoms with Gasteiger partial charge < -0.3 is 14.9 Å². The lowest BCUT2D eigenvalue weighted by atomic mass is 9.98. The Labute approximate surface area is 181 Å². The van der Waals surface area contributed by atoms with E-state index in [1.54, 1.807) is 18.2 Å². The monoisotopic (exact) mass is 440 g/mol. The standard InChI is InChI=1S/C23H18ClFN2O4/c1-31-21-9-14(25)8-16(23(21)30)13-4-2-12(3-5-13)15-10-17-19(6-7-22(28)29)26-27-20(17)11-18(15)24/h2-5,8-11,30H,6-7H2,1H3,(H,26,27)(H,28,29). The number of nitrogens with zero attached hydrogens (tertiary/aromatic N) is 1. The van der Waals surface area contributed by atoms with Crippen molar-refractivity contribution in [3.63, 3.8) is 0 Å². The molecule has 0 spiro atoms. The lowest BCUT2D eigenvalue weighted by Crippen LogP contribution is -1.98. The van der Waals surface area contributed by atoms with Crippen LogP contribution in [-0.4, -0.2) is 33.5 Å². The minimum atomic E-state index is -0.891. The Morgan fingerprint density at radius 2 is 1.81 bits per heavy atom. The third-order valence-electron chi connectivity index (χ3n) is 5.07. The van der Waals surface area contributed by atoms with Crippen LogP contribution in [0, 0.1) is 5.82 Å². The van der Waals surface area contributed by atoms with Crippen LogP contribution in [-0.2, 0) is 11.2 Å². The molecule has 0 aliphatic heterocycles. The molecule has 0 amide bonds. The number of benzene rings is 3. The largest absolute Gasteiger partial charge is 0.504 e. The van der Waals surface area contributed by atoms with Gasteiger partial charge in [0.25, 0.3) is 0 Å². The highest BCUT2D eigenvalue weighted by Gasteiger charge is 2.15. The fraction of sp³-hybridized carbons (Fsp3) is 0.130. The summed E-state index contributed by atoms with van der Waals surface area (Å²) in [4.78, 5) is 10.9. The van der Waals surface area contributed by atoms with E-state index in [0.717, 1.165) is 28.1 Å². The lowest BCUT2D eigenvalue weighted by Gasteiger charge is -2.11. The van der Waals surface area contributed by atoms with E-state index < -0.39 is 11.8 Å². The van der Waals surface area contributed by atoms with E-state index in [1.165, 1.54) is 13.2 Å². The Morgan fingerprint density at radius 3 is 2.45 bits per heavy atom. The van der Waals surface area contributed by atoms with Crippen LogP contribution in [0.2, 0.25) is 5.02 Å². The molecule has 31 heavy (non-hydrogen) atoms. The number of hydrogen-bond donors (Lipinski definition) is 3. The van der Waals surface area contributed by atoms with Crippen molar-refractivity contribution in [2.45, 2.75) is 12.8 Å². The maximum absolute atomic E-state index is 13.9. The van der Waals surface area contributed by atoms with Crippen LogP contribution in [0.3, 0.4) is 0 Å². The van der Waals surface area contributed by atoms with E-state index in [0.29, 0.717) is 28.3 Å². The molecule has 0 aliphatic carbocycles. The lowest BCUT2D eigenvalue weighted by molar-refractivity contribution is -0.136. The predicted octanol–water partition coefficient (Wildman–Crippen LogP) is 5.42. The highest BCUT2D eigenvalue weighted by molar-refractivity contribution is 6.34. The number of halogens is 2. The van der Waals surface area contributed by atoms with E-state index in [4.69, 9.17) is 21.4 Å². The number of hydrogen-bond acceptors (Lipinski definition) is 4. The van der Waals surface area contributed by atoms with Crippen LogP contribution in [0.5, 0.6) is 11.5 Å². The molecule has 8 heteroatoms. The van der Waals surface area contributed by atoms with E-state index >= 15 is 0 Å². The molecule has 0 bridgehead atoms. The summed E-state index contributed by atoms with van der Waals surface area (Å²) < 4.78 is 18.9. The van der Waals surface area contributed by atoms with Gasteiger partial charge in [-0.05, 0) is 29.3 Å². The highest BCUT2D eigenvalue weighted by atomic mass is 35.5. The molecule has 0 saturated heterocycles. The smallest absolute Gasteiger partial charge is 0.303 e. The Bertz CT molecular complexity index is 1290. The van der Waals surface area contributed by atoms with E-state index in [-0.39, 0.29) is 17.9 Å². The van der Waals surface area contributed by atoms with Gasteiger partial charge in [-0.1, -0.05) is 35.9 Å². The Balaban J connectivity index is 1.72. The number of phenols is 1. The molecule has 1 heterocycles. The van der Waals surface area contributed by atoms with Gasteiger partial charge in [-0.25, -0.2) is 4.39 Å². The van der Waals surface area contributed by atoms with Gasteiger partial charge in [0.05, 0.1) is 29.8 Å². The summed E-state index contributed by atoms with van der Waals surface area (Å²) in [6, 6.07) is 13.1. The number of carboxylic acids is 1. The Hall–Kier alpha value is -3.58. The number of carbonyl (C=O) groups is 1. The molecule has 0 aliphatic rings. The summed E-state index contributed by atoms with van der Waals surface area (Å²) in [5.74, 6) is -1.49. The molecule has 4 rings (SSSR count). The number of carboxylic acid groups (broad SMARTS) is 1. The van der Waals surface area contributed by atoms with Crippen molar-refractivity contribution in [3.8, 4) is 33.8 Å². The SMILES string of the molecule is COc1cc(F)cc(-c2ccc(-c3cc4c(CCC(=O)O)n[nH]c4cc3Cl)cc2)c1O. The molecule has 158 valence electrons. The van der Waals surface area contributed by atoms with Gasteiger partial charge in [-0.15, -0.1) is 0 Å².